The molecule has 0 aliphatic carbocycles. The SMILES string of the molecule is CCOC(=O)N1CCc2c(sc(NC(=O)c3cccc(SC(C)C)c3)c2-c2nc3ccccc3s2)C1. The second-order valence-electron chi connectivity index (χ2n) is 8.71. The van der Waals surface area contributed by atoms with E-state index in [0.717, 1.165) is 41.1 Å². The molecule has 0 bridgehead atoms. The lowest BCUT2D eigenvalue weighted by atomic mass is 10.0. The predicted molar refractivity (Wildman–Crippen MR) is 149 cm³/mol. The van der Waals surface area contributed by atoms with Crippen LogP contribution in [0.25, 0.3) is 20.8 Å². The highest BCUT2D eigenvalue weighted by molar-refractivity contribution is 7.99. The Morgan fingerprint density at radius 3 is 2.78 bits per heavy atom. The number of hydrogen-bond donors (Lipinski definition) is 1. The van der Waals surface area contributed by atoms with Crippen molar-refractivity contribution in [3.05, 3.63) is 64.5 Å². The number of anilines is 1. The maximum atomic E-state index is 13.4. The Balaban J connectivity index is 1.51. The van der Waals surface area contributed by atoms with E-state index in [2.05, 4.69) is 25.2 Å². The zero-order valence-corrected chi connectivity index (χ0v) is 22.8. The van der Waals surface area contributed by atoms with Crippen molar-refractivity contribution >= 4 is 61.7 Å². The van der Waals surface area contributed by atoms with E-state index in [1.54, 1.807) is 28.0 Å². The number of aromatic nitrogens is 1. The van der Waals surface area contributed by atoms with Gasteiger partial charge in [-0.05, 0) is 49.2 Å². The summed E-state index contributed by atoms with van der Waals surface area (Å²) in [4.78, 5) is 34.5. The Morgan fingerprint density at radius 2 is 2.00 bits per heavy atom. The summed E-state index contributed by atoms with van der Waals surface area (Å²) in [5, 5.41) is 5.27. The number of nitrogens with one attached hydrogen (secondary N) is 1. The first kappa shape index (κ1) is 24.8. The Bertz CT molecular complexity index is 1390. The van der Waals surface area contributed by atoms with Gasteiger partial charge in [0.1, 0.15) is 10.0 Å². The second kappa shape index (κ2) is 10.6. The Kier molecular flexibility index (Phi) is 7.32. The molecule has 0 spiro atoms. The van der Waals surface area contributed by atoms with E-state index in [4.69, 9.17) is 9.72 Å². The van der Waals surface area contributed by atoms with Crippen LogP contribution in [-0.4, -0.2) is 40.3 Å². The first-order valence-corrected chi connectivity index (χ1v) is 14.4. The van der Waals surface area contributed by atoms with Gasteiger partial charge in [-0.15, -0.1) is 34.4 Å². The zero-order chi connectivity index (χ0) is 25.2. The van der Waals surface area contributed by atoms with E-state index in [-0.39, 0.29) is 12.0 Å². The smallest absolute Gasteiger partial charge is 0.410 e. The van der Waals surface area contributed by atoms with Gasteiger partial charge in [-0.1, -0.05) is 32.0 Å². The summed E-state index contributed by atoms with van der Waals surface area (Å²) >= 11 is 4.88. The number of thioether (sulfide) groups is 1. The third kappa shape index (κ3) is 5.14. The monoisotopic (exact) mass is 537 g/mol. The van der Waals surface area contributed by atoms with Crippen LogP contribution < -0.4 is 5.32 Å². The van der Waals surface area contributed by atoms with Crippen LogP contribution in [0, 0.1) is 0 Å². The first-order valence-electron chi connectivity index (χ1n) is 11.9. The molecule has 2 aromatic heterocycles. The van der Waals surface area contributed by atoms with Gasteiger partial charge in [-0.25, -0.2) is 9.78 Å². The van der Waals surface area contributed by atoms with Crippen LogP contribution in [0.4, 0.5) is 9.80 Å². The molecule has 9 heteroatoms. The van der Waals surface area contributed by atoms with Crippen molar-refractivity contribution in [3.8, 4) is 10.6 Å². The molecule has 5 rings (SSSR count). The van der Waals surface area contributed by atoms with Gasteiger partial charge in [0.2, 0.25) is 0 Å². The largest absolute Gasteiger partial charge is 0.450 e. The quantitative estimate of drug-likeness (QED) is 0.262. The third-order valence-corrected chi connectivity index (χ3v) is 8.97. The lowest BCUT2D eigenvalue weighted by molar-refractivity contribution is 0.102. The zero-order valence-electron chi connectivity index (χ0n) is 20.4. The molecule has 4 aromatic rings. The predicted octanol–water partition coefficient (Wildman–Crippen LogP) is 7.29. The maximum absolute atomic E-state index is 13.4. The van der Waals surface area contributed by atoms with E-state index in [0.29, 0.717) is 36.9 Å². The summed E-state index contributed by atoms with van der Waals surface area (Å²) in [6.45, 7) is 7.47. The van der Waals surface area contributed by atoms with E-state index in [9.17, 15) is 9.59 Å². The number of thiazole rings is 1. The van der Waals surface area contributed by atoms with Crippen molar-refractivity contribution in [1.82, 2.24) is 9.88 Å². The van der Waals surface area contributed by atoms with E-state index in [1.807, 2.05) is 49.4 Å². The van der Waals surface area contributed by atoms with Crippen molar-refractivity contribution in [2.24, 2.45) is 0 Å². The van der Waals surface area contributed by atoms with E-state index in [1.165, 1.54) is 11.3 Å². The van der Waals surface area contributed by atoms with E-state index >= 15 is 0 Å². The summed E-state index contributed by atoms with van der Waals surface area (Å²) in [6.07, 6.45) is 0.384. The first-order chi connectivity index (χ1) is 17.4. The number of para-hydroxylation sites is 1. The van der Waals surface area contributed by atoms with Crippen molar-refractivity contribution < 1.29 is 14.3 Å². The van der Waals surface area contributed by atoms with Crippen molar-refractivity contribution in [3.63, 3.8) is 0 Å². The lowest BCUT2D eigenvalue weighted by Crippen LogP contribution is -2.35. The van der Waals surface area contributed by atoms with Crippen LogP contribution in [0.5, 0.6) is 0 Å². The average molecular weight is 538 g/mol. The summed E-state index contributed by atoms with van der Waals surface area (Å²) in [6, 6.07) is 15.8. The molecule has 3 heterocycles. The Hall–Kier alpha value is -2.88. The number of thiophene rings is 1. The molecule has 1 aliphatic rings. The topological polar surface area (TPSA) is 71.5 Å². The number of rotatable bonds is 6. The van der Waals surface area contributed by atoms with Crippen molar-refractivity contribution in [2.45, 2.75) is 43.9 Å². The number of benzene rings is 2. The fourth-order valence-electron chi connectivity index (χ4n) is 4.23. The normalized spacial score (nSPS) is 13.2. The summed E-state index contributed by atoms with van der Waals surface area (Å²) < 4.78 is 6.33. The molecular formula is C27H27N3O3S3. The van der Waals surface area contributed by atoms with Gasteiger partial charge in [-0.2, -0.15) is 0 Å². The molecule has 36 heavy (non-hydrogen) atoms. The summed E-state index contributed by atoms with van der Waals surface area (Å²) in [5.74, 6) is -0.149. The van der Waals surface area contributed by atoms with Crippen LogP contribution in [0.1, 0.15) is 41.6 Å². The second-order valence-corrected chi connectivity index (χ2v) is 12.5. The fraction of sp³-hybridized carbons (Fsp3) is 0.296. The van der Waals surface area contributed by atoms with Gasteiger partial charge in [0.25, 0.3) is 5.91 Å². The number of carbonyl (C=O) groups is 2. The maximum Gasteiger partial charge on any atom is 0.410 e. The molecule has 2 amide bonds. The number of hydrogen-bond acceptors (Lipinski definition) is 7. The minimum Gasteiger partial charge on any atom is -0.450 e. The molecule has 0 atom stereocenters. The Labute approximate surface area is 222 Å². The molecule has 1 aliphatic heterocycles. The molecule has 0 saturated carbocycles. The molecule has 1 N–H and O–H groups in total. The fourth-order valence-corrected chi connectivity index (χ4v) is 7.49. The van der Waals surface area contributed by atoms with Crippen LogP contribution >= 0.6 is 34.4 Å². The number of carbonyl (C=O) groups excluding carboxylic acids is 2. The molecule has 2 aromatic carbocycles. The van der Waals surface area contributed by atoms with Crippen molar-refractivity contribution in [1.29, 1.82) is 0 Å². The standard InChI is InChI=1S/C27H27N3O3S3/c1-4-33-27(32)30-13-12-19-22(15-30)36-26(23(19)25-28-20-10-5-6-11-21(20)35-25)29-24(31)17-8-7-9-18(14-17)34-16(2)3/h5-11,14,16H,4,12-13,15H2,1-3H3,(H,29,31). The van der Waals surface area contributed by atoms with Crippen LogP contribution in [0.15, 0.2) is 53.4 Å². The van der Waals surface area contributed by atoms with Gasteiger partial charge >= 0.3 is 6.09 Å². The third-order valence-electron chi connectivity index (χ3n) is 5.79. The Morgan fingerprint density at radius 1 is 1.17 bits per heavy atom. The molecule has 6 nitrogen and oxygen atoms in total. The highest BCUT2D eigenvalue weighted by atomic mass is 32.2. The number of fused-ring (bicyclic) bond motifs is 2. The van der Waals surface area contributed by atoms with Gasteiger partial charge < -0.3 is 15.0 Å². The summed E-state index contributed by atoms with van der Waals surface area (Å²) in [5.41, 5.74) is 3.69. The number of amides is 2. The average Bonchev–Trinajstić information content (AvgIpc) is 3.44. The minimum atomic E-state index is -0.303. The van der Waals surface area contributed by atoms with Crippen LogP contribution in [0.3, 0.4) is 0 Å². The highest BCUT2D eigenvalue weighted by Crippen LogP contribution is 2.46. The highest BCUT2D eigenvalue weighted by Gasteiger charge is 2.30. The van der Waals surface area contributed by atoms with Crippen molar-refractivity contribution in [2.75, 3.05) is 18.5 Å². The molecule has 0 unspecified atom stereocenters. The van der Waals surface area contributed by atoms with Crippen LogP contribution in [-0.2, 0) is 17.7 Å². The molecular weight excluding hydrogens is 511 g/mol. The van der Waals surface area contributed by atoms with Gasteiger partial charge in [0.05, 0.1) is 23.4 Å². The van der Waals surface area contributed by atoms with Crippen LogP contribution in [0.2, 0.25) is 0 Å². The summed E-state index contributed by atoms with van der Waals surface area (Å²) in [7, 11) is 0. The minimum absolute atomic E-state index is 0.149. The van der Waals surface area contributed by atoms with Gasteiger partial charge in [0.15, 0.2) is 0 Å². The number of nitrogens with zero attached hydrogens (tertiary/aromatic N) is 2. The molecule has 0 fully saturated rings. The molecule has 186 valence electrons. The molecule has 0 radical (unpaired) electrons. The molecule has 0 saturated heterocycles. The van der Waals surface area contributed by atoms with E-state index < -0.39 is 0 Å². The lowest BCUT2D eigenvalue weighted by Gasteiger charge is -2.26. The van der Waals surface area contributed by atoms with Gasteiger partial charge in [0, 0.05) is 32.7 Å². The van der Waals surface area contributed by atoms with Gasteiger partial charge in [-0.3, -0.25) is 4.79 Å². The number of ether oxygens (including phenoxy) is 1.